The summed E-state index contributed by atoms with van der Waals surface area (Å²) in [6, 6.07) is 5.85. The fraction of sp³-hybridized carbons (Fsp3) is 0.455. The molecule has 0 bridgehead atoms. The molecule has 1 aromatic rings. The van der Waals surface area contributed by atoms with Gasteiger partial charge in [-0.2, -0.15) is 0 Å². The van der Waals surface area contributed by atoms with Gasteiger partial charge in [0.1, 0.15) is 0 Å². The molecular formula is C11H16N2. The average molecular weight is 176 g/mol. The summed E-state index contributed by atoms with van der Waals surface area (Å²) in [6.45, 7) is 3.12. The van der Waals surface area contributed by atoms with Crippen molar-refractivity contribution in [2.45, 2.75) is 26.2 Å². The Morgan fingerprint density at radius 3 is 3.00 bits per heavy atom. The highest BCUT2D eigenvalue weighted by Crippen LogP contribution is 1.94. The fourth-order valence-electron chi connectivity index (χ4n) is 1.06. The molecule has 70 valence electrons. The van der Waals surface area contributed by atoms with Crippen LogP contribution < -0.4 is 0 Å². The number of pyridine rings is 1. The van der Waals surface area contributed by atoms with Crippen LogP contribution in [0, 0.1) is 0 Å². The normalized spacial score (nSPS) is 10.8. The summed E-state index contributed by atoms with van der Waals surface area (Å²) >= 11 is 0. The summed E-state index contributed by atoms with van der Waals surface area (Å²) < 4.78 is 0. The predicted molar refractivity (Wildman–Crippen MR) is 56.2 cm³/mol. The number of rotatable bonds is 5. The molecule has 1 rings (SSSR count). The first kappa shape index (κ1) is 9.90. The number of aromatic nitrogens is 1. The van der Waals surface area contributed by atoms with E-state index >= 15 is 0 Å². The van der Waals surface area contributed by atoms with Gasteiger partial charge in [0.15, 0.2) is 0 Å². The molecule has 0 spiro atoms. The lowest BCUT2D eigenvalue weighted by Gasteiger charge is -1.92. The van der Waals surface area contributed by atoms with Crippen molar-refractivity contribution >= 4 is 6.21 Å². The first-order valence-electron chi connectivity index (χ1n) is 4.84. The van der Waals surface area contributed by atoms with Gasteiger partial charge in [0.05, 0.1) is 5.69 Å². The lowest BCUT2D eigenvalue weighted by molar-refractivity contribution is 0.729. The van der Waals surface area contributed by atoms with Gasteiger partial charge in [-0.05, 0) is 18.6 Å². The number of hydrogen-bond acceptors (Lipinski definition) is 2. The summed E-state index contributed by atoms with van der Waals surface area (Å²) in [4.78, 5) is 8.44. The Morgan fingerprint density at radius 1 is 1.38 bits per heavy atom. The molecule has 0 atom stereocenters. The molecule has 0 N–H and O–H groups in total. The maximum Gasteiger partial charge on any atom is 0.0807 e. The molecule has 0 aromatic carbocycles. The Kier molecular flexibility index (Phi) is 4.84. The van der Waals surface area contributed by atoms with Gasteiger partial charge in [0.25, 0.3) is 0 Å². The quantitative estimate of drug-likeness (QED) is 0.500. The van der Waals surface area contributed by atoms with Crippen LogP contribution in [-0.4, -0.2) is 17.7 Å². The van der Waals surface area contributed by atoms with Crippen LogP contribution in [-0.2, 0) is 0 Å². The Labute approximate surface area is 79.7 Å². The number of hydrogen-bond donors (Lipinski definition) is 0. The van der Waals surface area contributed by atoms with Crippen LogP contribution in [0.25, 0.3) is 0 Å². The smallest absolute Gasteiger partial charge is 0.0807 e. The summed E-state index contributed by atoms with van der Waals surface area (Å²) in [5.74, 6) is 0. The average Bonchev–Trinajstić information content (AvgIpc) is 2.19. The minimum atomic E-state index is 0.921. The van der Waals surface area contributed by atoms with Gasteiger partial charge in [-0.3, -0.25) is 9.98 Å². The lowest BCUT2D eigenvalue weighted by atomic mass is 10.2. The molecule has 0 amide bonds. The zero-order valence-electron chi connectivity index (χ0n) is 8.11. The Balaban J connectivity index is 2.25. The second-order valence-electron chi connectivity index (χ2n) is 3.00. The summed E-state index contributed by atoms with van der Waals surface area (Å²) in [7, 11) is 0. The van der Waals surface area contributed by atoms with Crippen molar-refractivity contribution in [2.75, 3.05) is 6.54 Å². The third-order valence-electron chi connectivity index (χ3n) is 1.80. The molecule has 0 unspecified atom stereocenters. The van der Waals surface area contributed by atoms with Gasteiger partial charge in [0, 0.05) is 19.0 Å². The largest absolute Gasteiger partial charge is 0.291 e. The van der Waals surface area contributed by atoms with E-state index < -0.39 is 0 Å². The monoisotopic (exact) mass is 176 g/mol. The molecule has 0 aliphatic rings. The van der Waals surface area contributed by atoms with Crippen molar-refractivity contribution < 1.29 is 0 Å². The van der Waals surface area contributed by atoms with Crippen LogP contribution >= 0.6 is 0 Å². The molecule has 13 heavy (non-hydrogen) atoms. The fourth-order valence-corrected chi connectivity index (χ4v) is 1.06. The molecule has 1 heterocycles. The molecule has 0 aliphatic heterocycles. The van der Waals surface area contributed by atoms with Crippen molar-refractivity contribution in [3.8, 4) is 0 Å². The maximum absolute atomic E-state index is 4.29. The van der Waals surface area contributed by atoms with Crippen LogP contribution in [0.4, 0.5) is 0 Å². The van der Waals surface area contributed by atoms with E-state index in [4.69, 9.17) is 0 Å². The van der Waals surface area contributed by atoms with E-state index in [0.717, 1.165) is 12.2 Å². The Morgan fingerprint density at radius 2 is 2.31 bits per heavy atom. The highest BCUT2D eigenvalue weighted by molar-refractivity contribution is 5.76. The number of nitrogens with zero attached hydrogens (tertiary/aromatic N) is 2. The van der Waals surface area contributed by atoms with E-state index in [-0.39, 0.29) is 0 Å². The highest BCUT2D eigenvalue weighted by Gasteiger charge is 1.85. The second-order valence-corrected chi connectivity index (χ2v) is 3.00. The minimum Gasteiger partial charge on any atom is -0.291 e. The van der Waals surface area contributed by atoms with Gasteiger partial charge >= 0.3 is 0 Å². The molecule has 0 aliphatic carbocycles. The number of unbranched alkanes of at least 4 members (excludes halogenated alkanes) is 2. The molecule has 2 nitrogen and oxygen atoms in total. The molecule has 2 heteroatoms. The summed E-state index contributed by atoms with van der Waals surface area (Å²) in [6.07, 6.45) is 7.32. The van der Waals surface area contributed by atoms with Crippen molar-refractivity contribution in [1.82, 2.24) is 4.98 Å². The van der Waals surface area contributed by atoms with Gasteiger partial charge < -0.3 is 0 Å². The van der Waals surface area contributed by atoms with Gasteiger partial charge in [0.2, 0.25) is 0 Å². The topological polar surface area (TPSA) is 25.2 Å². The molecular weight excluding hydrogens is 160 g/mol. The van der Waals surface area contributed by atoms with E-state index in [1.807, 2.05) is 24.4 Å². The van der Waals surface area contributed by atoms with E-state index in [1.54, 1.807) is 6.20 Å². The van der Waals surface area contributed by atoms with Crippen molar-refractivity contribution in [2.24, 2.45) is 4.99 Å². The zero-order valence-corrected chi connectivity index (χ0v) is 8.11. The van der Waals surface area contributed by atoms with Crippen LogP contribution in [0.1, 0.15) is 31.9 Å². The Bertz CT molecular complexity index is 242. The Hall–Kier alpha value is -1.18. The van der Waals surface area contributed by atoms with Gasteiger partial charge in [-0.25, -0.2) is 0 Å². The van der Waals surface area contributed by atoms with Gasteiger partial charge in [-0.1, -0.05) is 25.8 Å². The number of aliphatic imine (C=N–C) groups is 1. The van der Waals surface area contributed by atoms with Crippen LogP contribution in [0.15, 0.2) is 29.4 Å². The van der Waals surface area contributed by atoms with E-state index in [2.05, 4.69) is 16.9 Å². The van der Waals surface area contributed by atoms with Crippen LogP contribution in [0.5, 0.6) is 0 Å². The molecule has 0 fully saturated rings. The van der Waals surface area contributed by atoms with Crippen molar-refractivity contribution in [3.63, 3.8) is 0 Å². The van der Waals surface area contributed by atoms with E-state index in [1.165, 1.54) is 19.3 Å². The standard InChI is InChI=1S/C11H16N2/c1-2-3-5-8-12-10-11-7-4-6-9-13-11/h4,6-7,9-10H,2-3,5,8H2,1H3/b12-10+. The molecule has 0 radical (unpaired) electrons. The second kappa shape index (κ2) is 6.35. The third-order valence-corrected chi connectivity index (χ3v) is 1.80. The summed E-state index contributed by atoms with van der Waals surface area (Å²) in [5.41, 5.74) is 0.944. The third kappa shape index (κ3) is 4.41. The maximum atomic E-state index is 4.29. The van der Waals surface area contributed by atoms with Crippen LogP contribution in [0.2, 0.25) is 0 Å². The van der Waals surface area contributed by atoms with E-state index in [9.17, 15) is 0 Å². The van der Waals surface area contributed by atoms with Crippen molar-refractivity contribution in [3.05, 3.63) is 30.1 Å². The van der Waals surface area contributed by atoms with Crippen molar-refractivity contribution in [1.29, 1.82) is 0 Å². The minimum absolute atomic E-state index is 0.921. The predicted octanol–water partition coefficient (Wildman–Crippen LogP) is 2.69. The van der Waals surface area contributed by atoms with Crippen LogP contribution in [0.3, 0.4) is 0 Å². The first-order valence-corrected chi connectivity index (χ1v) is 4.84. The zero-order chi connectivity index (χ0) is 9.36. The molecule has 0 saturated heterocycles. The highest BCUT2D eigenvalue weighted by atomic mass is 14.7. The molecule has 1 aromatic heterocycles. The SMILES string of the molecule is CCCCC/N=C/c1ccccn1. The molecule has 0 saturated carbocycles. The van der Waals surface area contributed by atoms with E-state index in [0.29, 0.717) is 0 Å². The van der Waals surface area contributed by atoms with Gasteiger partial charge in [-0.15, -0.1) is 0 Å². The first-order chi connectivity index (χ1) is 6.43. The lowest BCUT2D eigenvalue weighted by Crippen LogP contribution is -1.87. The summed E-state index contributed by atoms with van der Waals surface area (Å²) in [5, 5.41) is 0.